The van der Waals surface area contributed by atoms with Crippen LogP contribution < -0.4 is 5.32 Å². The fraction of sp³-hybridized carbons (Fsp3) is 0.500. The Morgan fingerprint density at radius 2 is 1.85 bits per heavy atom. The van der Waals surface area contributed by atoms with Gasteiger partial charge in [-0.3, -0.25) is 0 Å². The number of nitrogens with zero attached hydrogens (tertiary/aromatic N) is 3. The Kier molecular flexibility index (Phi) is 5.76. The Hall–Kier alpha value is -2.68. The predicted octanol–water partition coefficient (Wildman–Crippen LogP) is 4.93. The molecule has 0 amide bonds. The maximum atomic E-state index is 10.8. The van der Waals surface area contributed by atoms with Crippen LogP contribution in [0.2, 0.25) is 0 Å². The molecule has 0 unspecified atom stereocenters. The molecule has 2 aromatic carbocycles. The van der Waals surface area contributed by atoms with E-state index in [1.54, 1.807) is 0 Å². The number of imidazole rings is 1. The zero-order valence-corrected chi connectivity index (χ0v) is 19.9. The van der Waals surface area contributed by atoms with Crippen LogP contribution in [0.15, 0.2) is 36.4 Å². The minimum absolute atomic E-state index is 0.373. The molecule has 0 spiro atoms. The molecule has 3 aromatic rings. The second-order valence-corrected chi connectivity index (χ2v) is 10.6. The topological polar surface area (TPSA) is 73.9 Å². The van der Waals surface area contributed by atoms with Crippen molar-refractivity contribution in [2.45, 2.75) is 77.0 Å². The number of rotatable bonds is 5. The molecule has 1 fully saturated rings. The summed E-state index contributed by atoms with van der Waals surface area (Å²) >= 11 is 0. The molecule has 2 aliphatic rings. The molecular weight excluding hydrogens is 408 g/mol. The zero-order valence-electron chi connectivity index (χ0n) is 19.9. The van der Waals surface area contributed by atoms with E-state index in [1.807, 2.05) is 19.9 Å². The Morgan fingerprint density at radius 1 is 1.09 bits per heavy atom. The lowest BCUT2D eigenvalue weighted by Crippen LogP contribution is -2.37. The van der Waals surface area contributed by atoms with Gasteiger partial charge in [0.15, 0.2) is 0 Å². The van der Waals surface area contributed by atoms with E-state index in [0.29, 0.717) is 18.0 Å². The summed E-state index contributed by atoms with van der Waals surface area (Å²) in [6, 6.07) is 15.7. The van der Waals surface area contributed by atoms with Gasteiger partial charge in [-0.2, -0.15) is 5.26 Å². The van der Waals surface area contributed by atoms with Crippen LogP contribution in [-0.4, -0.2) is 27.2 Å². The highest BCUT2D eigenvalue weighted by atomic mass is 16.3. The number of aliphatic hydroxyl groups is 1. The SMILES string of the molecule is Cc1ccc2c(c1)nc(C(C)(C)O)n2C1CCC(NC[C@H]2Cc3ccc(C#N)cc3C2)CC1. The maximum absolute atomic E-state index is 10.8. The first kappa shape index (κ1) is 22.1. The molecule has 0 aliphatic heterocycles. The molecule has 1 atom stereocenters. The van der Waals surface area contributed by atoms with Gasteiger partial charge in [0.1, 0.15) is 11.4 Å². The summed E-state index contributed by atoms with van der Waals surface area (Å²) in [6.45, 7) is 6.80. The van der Waals surface area contributed by atoms with Crippen LogP contribution in [0.4, 0.5) is 0 Å². The fourth-order valence-electron chi connectivity index (χ4n) is 5.80. The minimum atomic E-state index is -0.967. The van der Waals surface area contributed by atoms with E-state index < -0.39 is 5.60 Å². The standard InChI is InChI=1S/C28H34N4O/c1-18-4-11-26-25(12-18)31-27(28(2,3)33)32(26)24-9-7-23(8-10-24)30-17-20-14-21-6-5-19(16-29)13-22(21)15-20/h4-6,11-13,20,23-24,30,33H,7-10,14-15,17H2,1-3H3/t20-,23?,24?/m0/s1. The van der Waals surface area contributed by atoms with Crippen molar-refractivity contribution in [1.29, 1.82) is 5.26 Å². The van der Waals surface area contributed by atoms with Crippen molar-refractivity contribution in [3.63, 3.8) is 0 Å². The van der Waals surface area contributed by atoms with Gasteiger partial charge in [-0.15, -0.1) is 0 Å². The third-order valence-corrected chi connectivity index (χ3v) is 7.50. The van der Waals surface area contributed by atoms with Crippen LogP contribution in [-0.2, 0) is 18.4 Å². The quantitative estimate of drug-likeness (QED) is 0.587. The monoisotopic (exact) mass is 442 g/mol. The summed E-state index contributed by atoms with van der Waals surface area (Å²) in [5, 5.41) is 23.8. The summed E-state index contributed by atoms with van der Waals surface area (Å²) in [7, 11) is 0. The Bertz CT molecular complexity index is 1210. The average molecular weight is 443 g/mol. The van der Waals surface area contributed by atoms with Crippen molar-refractivity contribution in [2.24, 2.45) is 5.92 Å². The zero-order chi connectivity index (χ0) is 23.2. The minimum Gasteiger partial charge on any atom is -0.383 e. The highest BCUT2D eigenvalue weighted by molar-refractivity contribution is 5.77. The summed E-state index contributed by atoms with van der Waals surface area (Å²) in [5.41, 5.74) is 5.87. The molecule has 0 saturated heterocycles. The van der Waals surface area contributed by atoms with E-state index in [1.165, 1.54) is 16.7 Å². The van der Waals surface area contributed by atoms with Gasteiger partial charge in [0.25, 0.3) is 0 Å². The van der Waals surface area contributed by atoms with E-state index >= 15 is 0 Å². The van der Waals surface area contributed by atoms with Crippen molar-refractivity contribution in [3.05, 3.63) is 64.5 Å². The lowest BCUT2D eigenvalue weighted by Gasteiger charge is -2.33. The smallest absolute Gasteiger partial charge is 0.141 e. The van der Waals surface area contributed by atoms with Crippen LogP contribution in [0.1, 0.15) is 73.7 Å². The second-order valence-electron chi connectivity index (χ2n) is 10.6. The van der Waals surface area contributed by atoms with Crippen molar-refractivity contribution < 1.29 is 5.11 Å². The Morgan fingerprint density at radius 3 is 2.58 bits per heavy atom. The average Bonchev–Trinajstić information content (AvgIpc) is 3.38. The van der Waals surface area contributed by atoms with Crippen LogP contribution in [0.5, 0.6) is 0 Å². The van der Waals surface area contributed by atoms with E-state index in [9.17, 15) is 5.11 Å². The molecule has 5 rings (SSSR count). The van der Waals surface area contributed by atoms with E-state index in [4.69, 9.17) is 10.2 Å². The highest BCUT2D eigenvalue weighted by Gasteiger charge is 2.31. The van der Waals surface area contributed by atoms with Gasteiger partial charge in [-0.25, -0.2) is 4.98 Å². The second kappa shape index (κ2) is 8.59. The number of fused-ring (bicyclic) bond motifs is 2. The molecule has 5 heteroatoms. The number of nitrogens with one attached hydrogen (secondary N) is 1. The third kappa shape index (κ3) is 4.43. The van der Waals surface area contributed by atoms with Crippen molar-refractivity contribution in [3.8, 4) is 6.07 Å². The first-order valence-corrected chi connectivity index (χ1v) is 12.3. The number of benzene rings is 2. The van der Waals surface area contributed by atoms with Crippen LogP contribution in [0.3, 0.4) is 0 Å². The van der Waals surface area contributed by atoms with Crippen LogP contribution >= 0.6 is 0 Å². The van der Waals surface area contributed by atoms with Gasteiger partial charge >= 0.3 is 0 Å². The summed E-state index contributed by atoms with van der Waals surface area (Å²) < 4.78 is 2.31. The van der Waals surface area contributed by atoms with Crippen molar-refractivity contribution >= 4 is 11.0 Å². The van der Waals surface area contributed by atoms with Gasteiger partial charge in [0.05, 0.1) is 22.7 Å². The number of aromatic nitrogens is 2. The fourth-order valence-corrected chi connectivity index (χ4v) is 5.80. The maximum Gasteiger partial charge on any atom is 0.141 e. The van der Waals surface area contributed by atoms with Gasteiger partial charge in [-0.1, -0.05) is 12.1 Å². The largest absolute Gasteiger partial charge is 0.383 e. The molecule has 5 nitrogen and oxygen atoms in total. The number of hydrogen-bond donors (Lipinski definition) is 2. The van der Waals surface area contributed by atoms with Gasteiger partial charge in [-0.05, 0) is 113 Å². The van der Waals surface area contributed by atoms with Gasteiger partial charge in [0, 0.05) is 12.1 Å². The van der Waals surface area contributed by atoms with Crippen LogP contribution in [0.25, 0.3) is 11.0 Å². The molecule has 1 heterocycles. The molecular formula is C28H34N4O. The molecule has 2 aliphatic carbocycles. The predicted molar refractivity (Wildman–Crippen MR) is 131 cm³/mol. The molecule has 2 N–H and O–H groups in total. The van der Waals surface area contributed by atoms with Crippen LogP contribution in [0, 0.1) is 24.2 Å². The lowest BCUT2D eigenvalue weighted by molar-refractivity contribution is 0.0620. The number of hydrogen-bond acceptors (Lipinski definition) is 4. The molecule has 1 aromatic heterocycles. The van der Waals surface area contributed by atoms with Crippen molar-refractivity contribution in [1.82, 2.24) is 14.9 Å². The van der Waals surface area contributed by atoms with Gasteiger partial charge < -0.3 is 15.0 Å². The Labute approximate surface area is 196 Å². The molecule has 172 valence electrons. The summed E-state index contributed by atoms with van der Waals surface area (Å²) in [5.74, 6) is 1.40. The first-order chi connectivity index (χ1) is 15.8. The number of nitriles is 1. The molecule has 1 saturated carbocycles. The summed E-state index contributed by atoms with van der Waals surface area (Å²) in [6.07, 6.45) is 6.65. The highest BCUT2D eigenvalue weighted by Crippen LogP contribution is 2.36. The third-order valence-electron chi connectivity index (χ3n) is 7.50. The first-order valence-electron chi connectivity index (χ1n) is 12.3. The van der Waals surface area contributed by atoms with E-state index in [-0.39, 0.29) is 0 Å². The molecule has 33 heavy (non-hydrogen) atoms. The molecule has 0 bridgehead atoms. The summed E-state index contributed by atoms with van der Waals surface area (Å²) in [4.78, 5) is 4.84. The van der Waals surface area contributed by atoms with Crippen molar-refractivity contribution in [2.75, 3.05) is 6.54 Å². The van der Waals surface area contributed by atoms with E-state index in [0.717, 1.165) is 67.5 Å². The van der Waals surface area contributed by atoms with Gasteiger partial charge in [0.2, 0.25) is 0 Å². The Balaban J connectivity index is 1.22. The lowest BCUT2D eigenvalue weighted by atomic mass is 9.90. The normalized spacial score (nSPS) is 22.9. The van der Waals surface area contributed by atoms with E-state index in [2.05, 4.69) is 53.2 Å². The number of aryl methyl sites for hydroxylation is 1. The molecule has 0 radical (unpaired) electrons.